The maximum atomic E-state index is 5.51. The van der Waals surface area contributed by atoms with Gasteiger partial charge in [-0.15, -0.1) is 11.3 Å². The topological polar surface area (TPSA) is 42.1 Å². The Morgan fingerprint density at radius 3 is 2.79 bits per heavy atom. The van der Waals surface area contributed by atoms with Gasteiger partial charge < -0.3 is 10.6 Å². The molecule has 80 valence electrons. The van der Waals surface area contributed by atoms with E-state index in [4.69, 9.17) is 5.73 Å². The minimum absolute atomic E-state index is 0.755. The van der Waals surface area contributed by atoms with E-state index in [1.165, 1.54) is 0 Å². The first-order chi connectivity index (χ1) is 6.77. The van der Waals surface area contributed by atoms with Gasteiger partial charge in [0.25, 0.3) is 0 Å². The average molecular weight is 213 g/mol. The van der Waals surface area contributed by atoms with E-state index in [2.05, 4.69) is 22.2 Å². The van der Waals surface area contributed by atoms with Crippen LogP contribution < -0.4 is 10.6 Å². The molecule has 14 heavy (non-hydrogen) atoms. The summed E-state index contributed by atoms with van der Waals surface area (Å²) in [5, 5.41) is 3.23. The van der Waals surface area contributed by atoms with Crippen LogP contribution in [-0.2, 0) is 0 Å². The maximum absolute atomic E-state index is 5.51. The van der Waals surface area contributed by atoms with E-state index in [0.717, 1.165) is 43.3 Å². The molecule has 0 atom stereocenters. The molecule has 0 aliphatic heterocycles. The number of nitrogens with zero attached hydrogens (tertiary/aromatic N) is 2. The second-order valence-electron chi connectivity index (χ2n) is 3.40. The zero-order valence-corrected chi connectivity index (χ0v) is 9.81. The molecule has 1 aromatic rings. The van der Waals surface area contributed by atoms with Crippen LogP contribution in [0.15, 0.2) is 5.38 Å². The summed E-state index contributed by atoms with van der Waals surface area (Å²) in [5.74, 6) is 0. The highest BCUT2D eigenvalue weighted by atomic mass is 32.1. The fourth-order valence-electron chi connectivity index (χ4n) is 1.34. The molecule has 0 aliphatic carbocycles. The molecule has 1 aromatic heterocycles. The van der Waals surface area contributed by atoms with E-state index in [9.17, 15) is 0 Å². The Kier molecular flexibility index (Phi) is 4.90. The van der Waals surface area contributed by atoms with Gasteiger partial charge in [0, 0.05) is 18.5 Å². The quantitative estimate of drug-likeness (QED) is 0.786. The number of nitrogens with two attached hydrogens (primary N) is 1. The molecule has 1 heterocycles. The molecule has 0 bridgehead atoms. The number of hydrogen-bond donors (Lipinski definition) is 1. The summed E-state index contributed by atoms with van der Waals surface area (Å²) in [6.07, 6.45) is 2.20. The first kappa shape index (κ1) is 11.5. The van der Waals surface area contributed by atoms with Crippen molar-refractivity contribution >= 4 is 16.5 Å². The van der Waals surface area contributed by atoms with E-state index in [1.54, 1.807) is 11.3 Å². The predicted octanol–water partition coefficient (Wildman–Crippen LogP) is 2.02. The lowest BCUT2D eigenvalue weighted by molar-refractivity contribution is 0.717. The highest BCUT2D eigenvalue weighted by molar-refractivity contribution is 7.13. The third kappa shape index (κ3) is 3.27. The highest BCUT2D eigenvalue weighted by Crippen LogP contribution is 2.20. The van der Waals surface area contributed by atoms with Crippen molar-refractivity contribution in [3.63, 3.8) is 0 Å². The first-order valence-corrected chi connectivity index (χ1v) is 6.03. The summed E-state index contributed by atoms with van der Waals surface area (Å²) in [6.45, 7) is 7.08. The second-order valence-corrected chi connectivity index (χ2v) is 4.24. The third-order valence-corrected chi connectivity index (χ3v) is 3.02. The van der Waals surface area contributed by atoms with Gasteiger partial charge in [-0.2, -0.15) is 0 Å². The smallest absolute Gasteiger partial charge is 0.185 e. The molecule has 0 aromatic carbocycles. The molecule has 0 radical (unpaired) electrons. The van der Waals surface area contributed by atoms with Crippen molar-refractivity contribution in [3.8, 4) is 0 Å². The van der Waals surface area contributed by atoms with Crippen LogP contribution in [0, 0.1) is 6.92 Å². The van der Waals surface area contributed by atoms with Crippen molar-refractivity contribution in [1.82, 2.24) is 4.98 Å². The fourth-order valence-corrected chi connectivity index (χ4v) is 2.20. The van der Waals surface area contributed by atoms with Crippen LogP contribution in [0.5, 0.6) is 0 Å². The fraction of sp³-hybridized carbons (Fsp3) is 0.700. The maximum Gasteiger partial charge on any atom is 0.185 e. The number of aryl methyl sites for hydroxylation is 1. The van der Waals surface area contributed by atoms with E-state index in [0.29, 0.717) is 0 Å². The van der Waals surface area contributed by atoms with Crippen molar-refractivity contribution in [2.24, 2.45) is 5.73 Å². The van der Waals surface area contributed by atoms with Crippen molar-refractivity contribution < 1.29 is 0 Å². The number of aromatic nitrogens is 1. The molecule has 1 rings (SSSR count). The number of hydrogen-bond acceptors (Lipinski definition) is 4. The lowest BCUT2D eigenvalue weighted by Crippen LogP contribution is -2.26. The van der Waals surface area contributed by atoms with Gasteiger partial charge in [-0.05, 0) is 26.3 Å². The van der Waals surface area contributed by atoms with Crippen molar-refractivity contribution in [2.45, 2.75) is 26.7 Å². The minimum Gasteiger partial charge on any atom is -0.348 e. The Labute approximate surface area is 89.9 Å². The van der Waals surface area contributed by atoms with Gasteiger partial charge in [-0.1, -0.05) is 6.92 Å². The van der Waals surface area contributed by atoms with Gasteiger partial charge in [0.05, 0.1) is 5.69 Å². The SMILES string of the molecule is CCCN(CCCN)c1nc(C)cs1. The van der Waals surface area contributed by atoms with Crippen LogP contribution in [0.1, 0.15) is 25.5 Å². The van der Waals surface area contributed by atoms with Crippen LogP contribution in [0.2, 0.25) is 0 Å². The Morgan fingerprint density at radius 2 is 2.29 bits per heavy atom. The van der Waals surface area contributed by atoms with E-state index < -0.39 is 0 Å². The van der Waals surface area contributed by atoms with Gasteiger partial charge in [0.1, 0.15) is 0 Å². The first-order valence-electron chi connectivity index (χ1n) is 5.15. The summed E-state index contributed by atoms with van der Waals surface area (Å²) in [7, 11) is 0. The summed E-state index contributed by atoms with van der Waals surface area (Å²) in [4.78, 5) is 6.81. The summed E-state index contributed by atoms with van der Waals surface area (Å²) < 4.78 is 0. The predicted molar refractivity (Wildman–Crippen MR) is 63.0 cm³/mol. The molecule has 0 aliphatic rings. The molecule has 3 nitrogen and oxygen atoms in total. The van der Waals surface area contributed by atoms with Crippen molar-refractivity contribution in [2.75, 3.05) is 24.5 Å². The number of anilines is 1. The zero-order valence-electron chi connectivity index (χ0n) is 8.99. The normalized spacial score (nSPS) is 10.5. The van der Waals surface area contributed by atoms with Crippen LogP contribution in [0.4, 0.5) is 5.13 Å². The minimum atomic E-state index is 0.755. The molecule has 0 amide bonds. The molecule has 0 saturated carbocycles. The Hall–Kier alpha value is -0.610. The number of rotatable bonds is 6. The Balaban J connectivity index is 2.57. The standard InChI is InChI=1S/C10H19N3S/c1-3-6-13(7-4-5-11)10-12-9(2)8-14-10/h8H,3-7,11H2,1-2H3. The lowest BCUT2D eigenvalue weighted by atomic mass is 10.3. The molecule has 0 fully saturated rings. The molecular formula is C10H19N3S. The molecule has 0 unspecified atom stereocenters. The summed E-state index contributed by atoms with van der Waals surface area (Å²) >= 11 is 1.72. The third-order valence-electron chi connectivity index (χ3n) is 2.00. The second kappa shape index (κ2) is 5.98. The van der Waals surface area contributed by atoms with Crippen molar-refractivity contribution in [3.05, 3.63) is 11.1 Å². The molecule has 0 spiro atoms. The van der Waals surface area contributed by atoms with Gasteiger partial charge in [0.15, 0.2) is 5.13 Å². The van der Waals surface area contributed by atoms with Gasteiger partial charge >= 0.3 is 0 Å². The van der Waals surface area contributed by atoms with Gasteiger partial charge in [-0.3, -0.25) is 0 Å². The number of thiazole rings is 1. The highest BCUT2D eigenvalue weighted by Gasteiger charge is 2.07. The van der Waals surface area contributed by atoms with E-state index in [-0.39, 0.29) is 0 Å². The van der Waals surface area contributed by atoms with Crippen LogP contribution in [0.3, 0.4) is 0 Å². The van der Waals surface area contributed by atoms with Crippen LogP contribution >= 0.6 is 11.3 Å². The zero-order chi connectivity index (χ0) is 10.4. The van der Waals surface area contributed by atoms with E-state index >= 15 is 0 Å². The molecule has 4 heteroatoms. The Bertz CT molecular complexity index is 260. The van der Waals surface area contributed by atoms with E-state index in [1.807, 2.05) is 6.92 Å². The van der Waals surface area contributed by atoms with Crippen molar-refractivity contribution in [1.29, 1.82) is 0 Å². The molecule has 2 N–H and O–H groups in total. The van der Waals surface area contributed by atoms with Crippen LogP contribution in [0.25, 0.3) is 0 Å². The monoisotopic (exact) mass is 213 g/mol. The average Bonchev–Trinajstić information content (AvgIpc) is 2.59. The largest absolute Gasteiger partial charge is 0.348 e. The molecular weight excluding hydrogens is 194 g/mol. The summed E-state index contributed by atoms with van der Waals surface area (Å²) in [6, 6.07) is 0. The lowest BCUT2D eigenvalue weighted by Gasteiger charge is -2.20. The van der Waals surface area contributed by atoms with Crippen LogP contribution in [-0.4, -0.2) is 24.6 Å². The van der Waals surface area contributed by atoms with Gasteiger partial charge in [-0.25, -0.2) is 4.98 Å². The summed E-state index contributed by atoms with van der Waals surface area (Å²) in [5.41, 5.74) is 6.62. The Morgan fingerprint density at radius 1 is 1.50 bits per heavy atom. The van der Waals surface area contributed by atoms with Gasteiger partial charge in [0.2, 0.25) is 0 Å². The molecule has 0 saturated heterocycles.